The molecule has 0 unspecified atom stereocenters. The summed E-state index contributed by atoms with van der Waals surface area (Å²) in [5.74, 6) is -0.231. The highest BCUT2D eigenvalue weighted by Crippen LogP contribution is 2.11. The fourth-order valence-electron chi connectivity index (χ4n) is 1.00. The first-order chi connectivity index (χ1) is 7.63. The third kappa shape index (κ3) is 4.28. The summed E-state index contributed by atoms with van der Waals surface area (Å²) < 4.78 is 18.0. The summed E-state index contributed by atoms with van der Waals surface area (Å²) in [7, 11) is 0. The minimum atomic E-state index is -0.353. The Kier molecular flexibility index (Phi) is 5.42. The van der Waals surface area contributed by atoms with E-state index in [9.17, 15) is 9.18 Å². The van der Waals surface area contributed by atoms with Gasteiger partial charge in [0.25, 0.3) is 0 Å². The van der Waals surface area contributed by atoms with Crippen LogP contribution in [0.1, 0.15) is 17.3 Å². The summed E-state index contributed by atoms with van der Waals surface area (Å²) in [4.78, 5) is 11.6. The highest BCUT2D eigenvalue weighted by Gasteiger charge is 2.08. The average molecular weight is 258 g/mol. The van der Waals surface area contributed by atoms with Crippen molar-refractivity contribution in [3.63, 3.8) is 0 Å². The smallest absolute Gasteiger partial charge is 0.220 e. The number of thiocarbonyl (C=S) groups is 1. The topological polar surface area (TPSA) is 26.3 Å². The second-order valence-electron chi connectivity index (χ2n) is 2.90. The summed E-state index contributed by atoms with van der Waals surface area (Å²) >= 11 is 6.04. The van der Waals surface area contributed by atoms with Crippen LogP contribution < -0.4 is 0 Å². The van der Waals surface area contributed by atoms with Crippen molar-refractivity contribution in [1.82, 2.24) is 0 Å². The maximum atomic E-state index is 12.6. The molecule has 0 atom stereocenters. The predicted molar refractivity (Wildman–Crippen MR) is 67.4 cm³/mol. The Labute approximate surface area is 103 Å². The van der Waals surface area contributed by atoms with Crippen LogP contribution in [0.3, 0.4) is 0 Å². The summed E-state index contributed by atoms with van der Waals surface area (Å²) in [6, 6.07) is 5.45. The molecule has 5 heteroatoms. The molecule has 0 heterocycles. The number of rotatable bonds is 4. The molecular weight excluding hydrogens is 247 g/mol. The molecule has 0 bridgehead atoms. The monoisotopic (exact) mass is 258 g/mol. The maximum Gasteiger partial charge on any atom is 0.220 e. The summed E-state index contributed by atoms with van der Waals surface area (Å²) in [5, 5.41) is 0. The molecule has 86 valence electrons. The van der Waals surface area contributed by atoms with E-state index >= 15 is 0 Å². The van der Waals surface area contributed by atoms with Crippen molar-refractivity contribution in [2.45, 2.75) is 6.92 Å². The summed E-state index contributed by atoms with van der Waals surface area (Å²) in [6.45, 7) is 2.32. The van der Waals surface area contributed by atoms with Gasteiger partial charge in [0.2, 0.25) is 4.38 Å². The molecule has 0 aromatic heterocycles. The molecule has 0 N–H and O–H groups in total. The lowest BCUT2D eigenvalue weighted by atomic mass is 10.1. The number of Topliss-reactive ketones (excluding diaryl/α,β-unsaturated/α-hetero) is 1. The van der Waals surface area contributed by atoms with Gasteiger partial charge in [-0.2, -0.15) is 0 Å². The highest BCUT2D eigenvalue weighted by molar-refractivity contribution is 8.23. The molecule has 0 saturated heterocycles. The van der Waals surface area contributed by atoms with Crippen LogP contribution in [0.2, 0.25) is 0 Å². The number of carbonyl (C=O) groups is 1. The van der Waals surface area contributed by atoms with E-state index in [0.29, 0.717) is 16.6 Å². The minimum Gasteiger partial charge on any atom is -0.479 e. The van der Waals surface area contributed by atoms with E-state index in [-0.39, 0.29) is 17.4 Å². The Balaban J connectivity index is 2.47. The quantitative estimate of drug-likeness (QED) is 0.612. The van der Waals surface area contributed by atoms with Gasteiger partial charge in [-0.15, -0.1) is 0 Å². The molecule has 1 rings (SSSR count). The number of hydrogen-bond acceptors (Lipinski definition) is 4. The molecule has 0 fully saturated rings. The first-order valence-electron chi connectivity index (χ1n) is 4.71. The Bertz CT molecular complexity index is 376. The highest BCUT2D eigenvalue weighted by atomic mass is 32.2. The van der Waals surface area contributed by atoms with E-state index in [1.54, 1.807) is 0 Å². The van der Waals surface area contributed by atoms with Gasteiger partial charge in [0.05, 0.1) is 12.4 Å². The van der Waals surface area contributed by atoms with Crippen LogP contribution in [0.15, 0.2) is 24.3 Å². The third-order valence-electron chi connectivity index (χ3n) is 1.75. The number of hydrogen-bond donors (Lipinski definition) is 0. The van der Waals surface area contributed by atoms with Crippen LogP contribution in [0, 0.1) is 5.82 Å². The van der Waals surface area contributed by atoms with Crippen molar-refractivity contribution < 1.29 is 13.9 Å². The largest absolute Gasteiger partial charge is 0.479 e. The van der Waals surface area contributed by atoms with Gasteiger partial charge in [0.15, 0.2) is 5.78 Å². The Morgan fingerprint density at radius 3 is 2.62 bits per heavy atom. The van der Waals surface area contributed by atoms with Crippen LogP contribution in [0.4, 0.5) is 4.39 Å². The van der Waals surface area contributed by atoms with Crippen molar-refractivity contribution in [3.8, 4) is 0 Å². The molecule has 1 aromatic carbocycles. The number of ketones is 1. The van der Waals surface area contributed by atoms with Crippen LogP contribution in [0.25, 0.3) is 0 Å². The lowest BCUT2D eigenvalue weighted by Crippen LogP contribution is -2.06. The number of carbonyl (C=O) groups excluding carboxylic acids is 1. The maximum absolute atomic E-state index is 12.6. The van der Waals surface area contributed by atoms with Gasteiger partial charge in [-0.05, 0) is 43.4 Å². The Hall–Kier alpha value is -0.940. The number of benzene rings is 1. The van der Waals surface area contributed by atoms with Gasteiger partial charge in [-0.3, -0.25) is 4.79 Å². The third-order valence-corrected chi connectivity index (χ3v) is 2.98. The van der Waals surface area contributed by atoms with E-state index < -0.39 is 0 Å². The molecule has 0 aliphatic heterocycles. The predicted octanol–water partition coefficient (Wildman–Crippen LogP) is 3.06. The zero-order valence-electron chi connectivity index (χ0n) is 8.73. The minimum absolute atomic E-state index is 0.0907. The molecule has 0 aliphatic carbocycles. The van der Waals surface area contributed by atoms with Gasteiger partial charge in [0.1, 0.15) is 5.82 Å². The molecule has 0 saturated carbocycles. The second kappa shape index (κ2) is 6.60. The van der Waals surface area contributed by atoms with E-state index in [1.807, 2.05) is 6.92 Å². The van der Waals surface area contributed by atoms with E-state index in [4.69, 9.17) is 17.0 Å². The average Bonchev–Trinajstić information content (AvgIpc) is 2.27. The fraction of sp³-hybridized carbons (Fsp3) is 0.273. The summed E-state index contributed by atoms with van der Waals surface area (Å²) in [6.07, 6.45) is 0. The first kappa shape index (κ1) is 13.1. The first-order valence-corrected chi connectivity index (χ1v) is 6.11. The molecular formula is C11H11FO2S2. The standard InChI is InChI=1S/C11H11FO2S2/c1-2-14-11(15)16-7-10(13)8-3-5-9(12)6-4-8/h3-6H,2,7H2,1H3. The fourth-order valence-corrected chi connectivity index (χ4v) is 1.91. The van der Waals surface area contributed by atoms with Crippen LogP contribution in [-0.2, 0) is 4.74 Å². The van der Waals surface area contributed by atoms with Crippen molar-refractivity contribution in [2.24, 2.45) is 0 Å². The van der Waals surface area contributed by atoms with Crippen LogP contribution in [-0.4, -0.2) is 22.5 Å². The summed E-state index contributed by atoms with van der Waals surface area (Å²) in [5.41, 5.74) is 0.480. The number of ether oxygens (including phenoxy) is 1. The van der Waals surface area contributed by atoms with Crippen molar-refractivity contribution in [3.05, 3.63) is 35.6 Å². The molecule has 16 heavy (non-hydrogen) atoms. The molecule has 0 radical (unpaired) electrons. The zero-order valence-corrected chi connectivity index (χ0v) is 10.4. The number of thioether (sulfide) groups is 1. The van der Waals surface area contributed by atoms with Crippen molar-refractivity contribution >= 4 is 34.1 Å². The Morgan fingerprint density at radius 2 is 2.06 bits per heavy atom. The molecule has 0 spiro atoms. The normalized spacial score (nSPS) is 9.88. The van der Waals surface area contributed by atoms with Crippen molar-refractivity contribution in [1.29, 1.82) is 0 Å². The van der Waals surface area contributed by atoms with Gasteiger partial charge < -0.3 is 4.74 Å². The lowest BCUT2D eigenvalue weighted by Gasteiger charge is -2.03. The molecule has 0 aliphatic rings. The van der Waals surface area contributed by atoms with Gasteiger partial charge in [0, 0.05) is 5.56 Å². The van der Waals surface area contributed by atoms with E-state index in [2.05, 4.69) is 0 Å². The zero-order chi connectivity index (χ0) is 12.0. The van der Waals surface area contributed by atoms with E-state index in [0.717, 1.165) is 0 Å². The molecule has 2 nitrogen and oxygen atoms in total. The number of halogens is 1. The van der Waals surface area contributed by atoms with Crippen LogP contribution in [0.5, 0.6) is 0 Å². The second-order valence-corrected chi connectivity index (χ2v) is 4.48. The van der Waals surface area contributed by atoms with Crippen LogP contribution >= 0.6 is 24.0 Å². The lowest BCUT2D eigenvalue weighted by molar-refractivity contribution is 0.102. The molecule has 1 aromatic rings. The Morgan fingerprint density at radius 1 is 1.44 bits per heavy atom. The van der Waals surface area contributed by atoms with Crippen molar-refractivity contribution in [2.75, 3.05) is 12.4 Å². The van der Waals surface area contributed by atoms with E-state index in [1.165, 1.54) is 36.0 Å². The van der Waals surface area contributed by atoms with Gasteiger partial charge >= 0.3 is 0 Å². The van der Waals surface area contributed by atoms with Gasteiger partial charge in [-0.1, -0.05) is 11.8 Å². The SMILES string of the molecule is CCOC(=S)SCC(=O)c1ccc(F)cc1. The van der Waals surface area contributed by atoms with Gasteiger partial charge in [-0.25, -0.2) is 4.39 Å². The molecule has 0 amide bonds.